The maximum absolute atomic E-state index is 5.35. The maximum Gasteiger partial charge on any atom is 0.158 e. The molecule has 0 radical (unpaired) electrons. The van der Waals surface area contributed by atoms with E-state index in [1.54, 1.807) is 6.20 Å². The summed E-state index contributed by atoms with van der Waals surface area (Å²) in [6.07, 6.45) is 5.08. The van der Waals surface area contributed by atoms with Gasteiger partial charge in [-0.25, -0.2) is 4.98 Å². The molecule has 2 aromatic rings. The van der Waals surface area contributed by atoms with E-state index in [2.05, 4.69) is 15.0 Å². The molecule has 17 heavy (non-hydrogen) atoms. The highest BCUT2D eigenvalue weighted by molar-refractivity contribution is 7.71. The second-order valence-corrected chi connectivity index (χ2v) is 4.76. The van der Waals surface area contributed by atoms with E-state index < -0.39 is 0 Å². The molecule has 0 aliphatic heterocycles. The molecule has 2 heterocycles. The summed E-state index contributed by atoms with van der Waals surface area (Å²) >= 11 is 5.35. The molecular formula is C13H13N3S. The van der Waals surface area contributed by atoms with Crippen molar-refractivity contribution in [1.82, 2.24) is 15.0 Å². The first-order valence-corrected chi connectivity index (χ1v) is 6.20. The van der Waals surface area contributed by atoms with E-state index in [1.807, 2.05) is 19.1 Å². The summed E-state index contributed by atoms with van der Waals surface area (Å²) in [6.45, 7) is 2.04. The van der Waals surface area contributed by atoms with E-state index in [4.69, 9.17) is 12.2 Å². The highest BCUT2D eigenvalue weighted by Crippen LogP contribution is 2.24. The molecule has 0 aromatic carbocycles. The van der Waals surface area contributed by atoms with E-state index in [0.717, 1.165) is 34.6 Å². The first kappa shape index (κ1) is 10.6. The van der Waals surface area contributed by atoms with Gasteiger partial charge >= 0.3 is 0 Å². The topological polar surface area (TPSA) is 41.6 Å². The highest BCUT2D eigenvalue weighted by atomic mass is 32.1. The van der Waals surface area contributed by atoms with Gasteiger partial charge in [0, 0.05) is 17.5 Å². The van der Waals surface area contributed by atoms with Crippen molar-refractivity contribution >= 4 is 12.2 Å². The van der Waals surface area contributed by atoms with Crippen LogP contribution in [0.15, 0.2) is 18.3 Å². The molecule has 1 aliphatic rings. The van der Waals surface area contributed by atoms with Crippen LogP contribution in [0, 0.1) is 11.6 Å². The molecule has 0 spiro atoms. The zero-order valence-corrected chi connectivity index (χ0v) is 10.5. The number of rotatable bonds is 1. The second-order valence-electron chi connectivity index (χ2n) is 4.37. The van der Waals surface area contributed by atoms with Crippen LogP contribution < -0.4 is 0 Å². The number of aromatic nitrogens is 3. The summed E-state index contributed by atoms with van der Waals surface area (Å²) in [5.74, 6) is 0.800. The average Bonchev–Trinajstić information content (AvgIpc) is 2.78. The predicted molar refractivity (Wildman–Crippen MR) is 69.4 cm³/mol. The van der Waals surface area contributed by atoms with Gasteiger partial charge in [-0.15, -0.1) is 0 Å². The third-order valence-electron chi connectivity index (χ3n) is 3.19. The quantitative estimate of drug-likeness (QED) is 0.783. The summed E-state index contributed by atoms with van der Waals surface area (Å²) < 4.78 is 0.733. The standard InChI is InChI=1S/C13H13N3S/c1-8-4-3-7-14-11(8)12-15-10-6-2-5-9(10)13(17)16-12/h3-4,7H,2,5-6H2,1H3,(H,15,16,17). The van der Waals surface area contributed by atoms with Crippen molar-refractivity contribution in [1.29, 1.82) is 0 Å². The molecule has 3 rings (SSSR count). The van der Waals surface area contributed by atoms with Gasteiger partial charge in [-0.05, 0) is 37.8 Å². The van der Waals surface area contributed by atoms with Gasteiger partial charge in [-0.3, -0.25) is 4.98 Å². The van der Waals surface area contributed by atoms with Gasteiger partial charge in [0.2, 0.25) is 0 Å². The molecule has 86 valence electrons. The molecule has 0 atom stereocenters. The summed E-state index contributed by atoms with van der Waals surface area (Å²) in [6, 6.07) is 3.97. The fourth-order valence-electron chi connectivity index (χ4n) is 2.30. The molecule has 1 aliphatic carbocycles. The number of H-pyrrole nitrogens is 1. The fraction of sp³-hybridized carbons (Fsp3) is 0.308. The van der Waals surface area contributed by atoms with Gasteiger partial charge < -0.3 is 4.98 Å². The zero-order chi connectivity index (χ0) is 11.8. The Labute approximate surface area is 105 Å². The van der Waals surface area contributed by atoms with E-state index in [1.165, 1.54) is 17.7 Å². The number of nitrogens with one attached hydrogen (secondary N) is 1. The summed E-state index contributed by atoms with van der Waals surface area (Å²) in [5, 5.41) is 0. The lowest BCUT2D eigenvalue weighted by atomic mass is 10.2. The molecule has 0 unspecified atom stereocenters. The van der Waals surface area contributed by atoms with Gasteiger partial charge in [-0.2, -0.15) is 0 Å². The van der Waals surface area contributed by atoms with Gasteiger partial charge in [0.05, 0.1) is 0 Å². The van der Waals surface area contributed by atoms with Gasteiger partial charge in [0.25, 0.3) is 0 Å². The lowest BCUT2D eigenvalue weighted by Gasteiger charge is -2.06. The van der Waals surface area contributed by atoms with Crippen molar-refractivity contribution in [3.8, 4) is 11.5 Å². The summed E-state index contributed by atoms with van der Waals surface area (Å²) in [4.78, 5) is 12.2. The number of nitrogens with zero attached hydrogens (tertiary/aromatic N) is 2. The van der Waals surface area contributed by atoms with Gasteiger partial charge in [0.1, 0.15) is 10.3 Å². The van der Waals surface area contributed by atoms with Crippen molar-refractivity contribution in [2.75, 3.05) is 0 Å². The molecule has 0 saturated carbocycles. The van der Waals surface area contributed by atoms with Crippen LogP contribution in [-0.2, 0) is 12.8 Å². The molecule has 2 aromatic heterocycles. The van der Waals surface area contributed by atoms with Crippen LogP contribution in [0.3, 0.4) is 0 Å². The van der Waals surface area contributed by atoms with Crippen molar-refractivity contribution in [3.63, 3.8) is 0 Å². The Balaban J connectivity index is 2.20. The predicted octanol–water partition coefficient (Wildman–Crippen LogP) is 3.00. The number of aryl methyl sites for hydroxylation is 2. The minimum atomic E-state index is 0.733. The van der Waals surface area contributed by atoms with E-state index in [-0.39, 0.29) is 0 Å². The molecule has 0 saturated heterocycles. The monoisotopic (exact) mass is 243 g/mol. The summed E-state index contributed by atoms with van der Waals surface area (Å²) in [5.41, 5.74) is 4.47. The number of hydrogen-bond donors (Lipinski definition) is 1. The molecule has 0 fully saturated rings. The number of hydrogen-bond acceptors (Lipinski definition) is 3. The van der Waals surface area contributed by atoms with Crippen molar-refractivity contribution in [2.24, 2.45) is 0 Å². The normalized spacial score (nSPS) is 13.7. The average molecular weight is 243 g/mol. The van der Waals surface area contributed by atoms with E-state index in [0.29, 0.717) is 0 Å². The molecule has 3 nitrogen and oxygen atoms in total. The first-order chi connectivity index (χ1) is 8.25. The van der Waals surface area contributed by atoms with E-state index in [9.17, 15) is 0 Å². The molecule has 4 heteroatoms. The lowest BCUT2D eigenvalue weighted by molar-refractivity contribution is 0.899. The Morgan fingerprint density at radius 3 is 3.06 bits per heavy atom. The zero-order valence-electron chi connectivity index (χ0n) is 9.66. The van der Waals surface area contributed by atoms with Crippen LogP contribution in [0.25, 0.3) is 11.5 Å². The van der Waals surface area contributed by atoms with Crippen LogP contribution in [0.5, 0.6) is 0 Å². The van der Waals surface area contributed by atoms with Crippen molar-refractivity contribution in [3.05, 3.63) is 39.8 Å². The van der Waals surface area contributed by atoms with Gasteiger partial charge in [0.15, 0.2) is 5.82 Å². The Bertz CT molecular complexity index is 631. The van der Waals surface area contributed by atoms with Crippen LogP contribution in [0.1, 0.15) is 23.2 Å². The van der Waals surface area contributed by atoms with Crippen LogP contribution in [0.2, 0.25) is 0 Å². The third-order valence-corrected chi connectivity index (χ3v) is 3.53. The lowest BCUT2D eigenvalue weighted by Crippen LogP contribution is -1.99. The van der Waals surface area contributed by atoms with Crippen molar-refractivity contribution in [2.45, 2.75) is 26.2 Å². The van der Waals surface area contributed by atoms with Gasteiger partial charge in [-0.1, -0.05) is 18.3 Å². The molecule has 0 bridgehead atoms. The van der Waals surface area contributed by atoms with Crippen LogP contribution >= 0.6 is 12.2 Å². The molecule has 0 amide bonds. The van der Waals surface area contributed by atoms with Crippen molar-refractivity contribution < 1.29 is 0 Å². The van der Waals surface area contributed by atoms with Crippen LogP contribution in [0.4, 0.5) is 0 Å². The number of pyridine rings is 1. The largest absolute Gasteiger partial charge is 0.342 e. The smallest absolute Gasteiger partial charge is 0.158 e. The minimum Gasteiger partial charge on any atom is -0.342 e. The second kappa shape index (κ2) is 4.04. The highest BCUT2D eigenvalue weighted by Gasteiger charge is 2.16. The third kappa shape index (κ3) is 1.78. The Morgan fingerprint density at radius 1 is 1.35 bits per heavy atom. The Morgan fingerprint density at radius 2 is 2.24 bits per heavy atom. The molecule has 1 N–H and O–H groups in total. The molecular weight excluding hydrogens is 230 g/mol. The Hall–Kier alpha value is -1.55. The first-order valence-electron chi connectivity index (χ1n) is 5.80. The number of aromatic amines is 1. The minimum absolute atomic E-state index is 0.733. The number of fused-ring (bicyclic) bond motifs is 1. The summed E-state index contributed by atoms with van der Waals surface area (Å²) in [7, 11) is 0. The maximum atomic E-state index is 5.35. The van der Waals surface area contributed by atoms with E-state index >= 15 is 0 Å². The van der Waals surface area contributed by atoms with Crippen LogP contribution in [-0.4, -0.2) is 15.0 Å². The fourth-order valence-corrected chi connectivity index (χ4v) is 2.62. The Kier molecular flexibility index (Phi) is 2.52. The SMILES string of the molecule is Cc1cccnc1-c1nc(=S)c2c([nH]1)CCC2.